The lowest BCUT2D eigenvalue weighted by Gasteiger charge is -2.03. The second kappa shape index (κ2) is 5.85. The van der Waals surface area contributed by atoms with Crippen molar-refractivity contribution in [2.75, 3.05) is 0 Å². The highest BCUT2D eigenvalue weighted by Gasteiger charge is 2.10. The minimum atomic E-state index is -0.678. The molecule has 0 radical (unpaired) electrons. The van der Waals surface area contributed by atoms with Crippen LogP contribution in [0.4, 0.5) is 8.78 Å². The van der Waals surface area contributed by atoms with Gasteiger partial charge in [-0.15, -0.1) is 0 Å². The summed E-state index contributed by atoms with van der Waals surface area (Å²) in [5, 5.41) is 11.7. The molecule has 0 spiro atoms. The molecule has 5 nitrogen and oxygen atoms in total. The van der Waals surface area contributed by atoms with E-state index in [0.717, 1.165) is 16.8 Å². The highest BCUT2D eigenvalue weighted by Crippen LogP contribution is 2.13. The number of rotatable bonds is 3. The van der Waals surface area contributed by atoms with E-state index in [4.69, 9.17) is 5.26 Å². The van der Waals surface area contributed by atoms with Crippen molar-refractivity contribution in [2.24, 2.45) is 0 Å². The Hall–Kier alpha value is -3.27. The van der Waals surface area contributed by atoms with Crippen molar-refractivity contribution >= 4 is 0 Å². The van der Waals surface area contributed by atoms with Crippen molar-refractivity contribution < 1.29 is 8.78 Å². The van der Waals surface area contributed by atoms with Crippen LogP contribution < -0.4 is 5.56 Å². The molecule has 0 unspecified atom stereocenters. The summed E-state index contributed by atoms with van der Waals surface area (Å²) in [6.45, 7) is 0. The Balaban J connectivity index is 1.95. The van der Waals surface area contributed by atoms with Gasteiger partial charge in [0.25, 0.3) is 5.56 Å². The Kier molecular flexibility index (Phi) is 3.73. The molecular formula is C16H10F2N4O. The molecule has 0 saturated heterocycles. The van der Waals surface area contributed by atoms with Crippen LogP contribution in [0.3, 0.4) is 0 Å². The molecule has 0 atom stereocenters. The van der Waals surface area contributed by atoms with E-state index in [9.17, 15) is 13.6 Å². The molecular weight excluding hydrogens is 302 g/mol. The number of hydrogen-bond acceptors (Lipinski definition) is 3. The molecule has 114 valence electrons. The second-order valence-electron chi connectivity index (χ2n) is 4.88. The van der Waals surface area contributed by atoms with Crippen molar-refractivity contribution in [3.8, 4) is 11.9 Å². The van der Waals surface area contributed by atoms with Crippen LogP contribution in [0.15, 0.2) is 47.4 Å². The fourth-order valence-electron chi connectivity index (χ4n) is 2.19. The SMILES string of the molecule is N#Cc1ccnc(-n2[nH]c(Cc3ccc(F)cc3F)cc2=O)c1. The topological polar surface area (TPSA) is 74.5 Å². The zero-order valence-corrected chi connectivity index (χ0v) is 11.8. The summed E-state index contributed by atoms with van der Waals surface area (Å²) in [4.78, 5) is 16.0. The van der Waals surface area contributed by atoms with Crippen LogP contribution in [0, 0.1) is 23.0 Å². The molecule has 23 heavy (non-hydrogen) atoms. The molecule has 0 aliphatic rings. The summed E-state index contributed by atoms with van der Waals surface area (Å²) < 4.78 is 27.8. The molecule has 0 amide bonds. The van der Waals surface area contributed by atoms with E-state index in [-0.39, 0.29) is 23.4 Å². The first-order valence-electron chi connectivity index (χ1n) is 6.68. The lowest BCUT2D eigenvalue weighted by Crippen LogP contribution is -2.14. The van der Waals surface area contributed by atoms with Crippen LogP contribution in [0.1, 0.15) is 16.8 Å². The van der Waals surface area contributed by atoms with Crippen LogP contribution in [-0.4, -0.2) is 14.8 Å². The fourth-order valence-corrected chi connectivity index (χ4v) is 2.19. The molecule has 1 aromatic carbocycles. The van der Waals surface area contributed by atoms with Gasteiger partial charge in [0.15, 0.2) is 5.82 Å². The van der Waals surface area contributed by atoms with Gasteiger partial charge in [0.2, 0.25) is 0 Å². The van der Waals surface area contributed by atoms with E-state index in [1.165, 1.54) is 30.5 Å². The number of aromatic nitrogens is 3. The maximum atomic E-state index is 13.7. The Morgan fingerprint density at radius 3 is 2.78 bits per heavy atom. The van der Waals surface area contributed by atoms with Gasteiger partial charge >= 0.3 is 0 Å². The van der Waals surface area contributed by atoms with E-state index in [0.29, 0.717) is 11.3 Å². The summed E-state index contributed by atoms with van der Waals surface area (Å²) in [7, 11) is 0. The van der Waals surface area contributed by atoms with E-state index in [1.807, 2.05) is 6.07 Å². The molecule has 0 fully saturated rings. The second-order valence-corrected chi connectivity index (χ2v) is 4.88. The van der Waals surface area contributed by atoms with Gasteiger partial charge in [0, 0.05) is 36.5 Å². The summed E-state index contributed by atoms with van der Waals surface area (Å²) in [5.41, 5.74) is 0.691. The summed E-state index contributed by atoms with van der Waals surface area (Å²) in [5.74, 6) is -1.07. The Morgan fingerprint density at radius 2 is 2.04 bits per heavy atom. The minimum Gasteiger partial charge on any atom is -0.293 e. The number of pyridine rings is 1. The standard InChI is InChI=1S/C16H10F2N4O/c17-12-2-1-11(14(18)7-12)6-13-8-16(23)22(21-13)15-5-10(9-19)3-4-20-15/h1-5,7-8,21H,6H2. The Labute approximate surface area is 129 Å². The van der Waals surface area contributed by atoms with Crippen LogP contribution in [0.2, 0.25) is 0 Å². The highest BCUT2D eigenvalue weighted by atomic mass is 19.1. The first-order chi connectivity index (χ1) is 11.1. The number of aromatic amines is 1. The van der Waals surface area contributed by atoms with Crippen LogP contribution in [-0.2, 0) is 6.42 Å². The summed E-state index contributed by atoms with van der Waals surface area (Å²) in [6, 6.07) is 9.53. The molecule has 0 aliphatic carbocycles. The lowest BCUT2D eigenvalue weighted by molar-refractivity contribution is 0.574. The first-order valence-corrected chi connectivity index (χ1v) is 6.68. The minimum absolute atomic E-state index is 0.103. The van der Waals surface area contributed by atoms with Gasteiger partial charge in [0.1, 0.15) is 11.6 Å². The largest absolute Gasteiger partial charge is 0.293 e. The van der Waals surface area contributed by atoms with Gasteiger partial charge < -0.3 is 0 Å². The predicted molar refractivity (Wildman–Crippen MR) is 78.1 cm³/mol. The molecule has 3 rings (SSSR count). The number of nitriles is 1. The monoisotopic (exact) mass is 312 g/mol. The quantitative estimate of drug-likeness (QED) is 0.806. The van der Waals surface area contributed by atoms with Crippen molar-refractivity contribution in [1.82, 2.24) is 14.8 Å². The van der Waals surface area contributed by atoms with Crippen molar-refractivity contribution in [1.29, 1.82) is 5.26 Å². The Morgan fingerprint density at radius 1 is 1.22 bits per heavy atom. The van der Waals surface area contributed by atoms with Crippen LogP contribution >= 0.6 is 0 Å². The van der Waals surface area contributed by atoms with Gasteiger partial charge in [-0.2, -0.15) is 5.26 Å². The molecule has 2 heterocycles. The fraction of sp³-hybridized carbons (Fsp3) is 0.0625. The molecule has 1 N–H and O–H groups in total. The van der Waals surface area contributed by atoms with Crippen LogP contribution in [0.5, 0.6) is 0 Å². The third kappa shape index (κ3) is 3.01. The lowest BCUT2D eigenvalue weighted by atomic mass is 10.1. The summed E-state index contributed by atoms with van der Waals surface area (Å²) >= 11 is 0. The number of benzene rings is 1. The molecule has 7 heteroatoms. The van der Waals surface area contributed by atoms with Crippen LogP contribution in [0.25, 0.3) is 5.82 Å². The van der Waals surface area contributed by atoms with E-state index >= 15 is 0 Å². The summed E-state index contributed by atoms with van der Waals surface area (Å²) in [6.07, 6.45) is 1.52. The van der Waals surface area contributed by atoms with Gasteiger partial charge in [-0.1, -0.05) is 6.07 Å². The number of nitrogens with zero attached hydrogens (tertiary/aromatic N) is 3. The third-order valence-electron chi connectivity index (χ3n) is 3.27. The molecule has 2 aromatic heterocycles. The average Bonchev–Trinajstić information content (AvgIpc) is 2.91. The van der Waals surface area contributed by atoms with Gasteiger partial charge in [-0.3, -0.25) is 9.89 Å². The molecule has 0 aliphatic heterocycles. The van der Waals surface area contributed by atoms with Gasteiger partial charge in [-0.05, 0) is 17.7 Å². The Bertz CT molecular complexity index is 969. The average molecular weight is 312 g/mol. The zero-order chi connectivity index (χ0) is 16.4. The maximum Gasteiger partial charge on any atom is 0.272 e. The molecule has 0 bridgehead atoms. The van der Waals surface area contributed by atoms with E-state index in [1.54, 1.807) is 0 Å². The number of nitrogens with one attached hydrogen (secondary N) is 1. The molecule has 0 saturated carbocycles. The molecule has 3 aromatic rings. The number of H-pyrrole nitrogens is 1. The van der Waals surface area contributed by atoms with Gasteiger partial charge in [-0.25, -0.2) is 18.4 Å². The maximum absolute atomic E-state index is 13.7. The van der Waals surface area contributed by atoms with Crippen molar-refractivity contribution in [2.45, 2.75) is 6.42 Å². The predicted octanol–water partition coefficient (Wildman–Crippen LogP) is 2.30. The third-order valence-corrected chi connectivity index (χ3v) is 3.27. The van der Waals surface area contributed by atoms with E-state index < -0.39 is 11.6 Å². The zero-order valence-electron chi connectivity index (χ0n) is 11.8. The normalized spacial score (nSPS) is 10.5. The van der Waals surface area contributed by atoms with Crippen molar-refractivity contribution in [3.05, 3.63) is 81.4 Å². The number of halogens is 2. The van der Waals surface area contributed by atoms with Gasteiger partial charge in [0.05, 0.1) is 11.6 Å². The first kappa shape index (κ1) is 14.7. The van der Waals surface area contributed by atoms with Crippen molar-refractivity contribution in [3.63, 3.8) is 0 Å². The number of hydrogen-bond donors (Lipinski definition) is 1. The smallest absolute Gasteiger partial charge is 0.272 e. The van der Waals surface area contributed by atoms with E-state index in [2.05, 4.69) is 10.1 Å². The highest BCUT2D eigenvalue weighted by molar-refractivity contribution is 5.35.